The molecule has 1 aromatic carbocycles. The molecule has 2 atom stereocenters. The lowest BCUT2D eigenvalue weighted by molar-refractivity contribution is -0.120. The number of rotatable bonds is 0. The molecule has 0 aliphatic carbocycles. The van der Waals surface area contributed by atoms with Gasteiger partial charge in [0.05, 0.1) is 11.5 Å². The quantitative estimate of drug-likeness (QED) is 0.674. The number of likely N-dealkylation sites (tertiary alicyclic amines) is 1. The van der Waals surface area contributed by atoms with Crippen molar-refractivity contribution in [3.63, 3.8) is 0 Å². The van der Waals surface area contributed by atoms with E-state index in [1.54, 1.807) is 0 Å². The van der Waals surface area contributed by atoms with Crippen LogP contribution in [0.15, 0.2) is 24.3 Å². The van der Waals surface area contributed by atoms with Crippen molar-refractivity contribution in [3.8, 4) is 12.3 Å². The molecule has 1 aromatic rings. The van der Waals surface area contributed by atoms with Crippen molar-refractivity contribution in [1.29, 1.82) is 0 Å². The Balaban J connectivity index is 2.10. The minimum atomic E-state index is -0.442. The van der Waals surface area contributed by atoms with Gasteiger partial charge in [0.15, 0.2) is 0 Å². The van der Waals surface area contributed by atoms with Gasteiger partial charge in [0.1, 0.15) is 0 Å². The van der Waals surface area contributed by atoms with E-state index in [4.69, 9.17) is 6.42 Å². The van der Waals surface area contributed by atoms with Crippen molar-refractivity contribution in [3.05, 3.63) is 29.8 Å². The number of para-hydroxylation sites is 1. The monoisotopic (exact) mass is 226 g/mol. The Morgan fingerprint density at radius 3 is 3.00 bits per heavy atom. The molecule has 1 spiro atoms. The molecule has 1 fully saturated rings. The van der Waals surface area contributed by atoms with Gasteiger partial charge in [0.2, 0.25) is 5.91 Å². The minimum absolute atomic E-state index is 0.0481. The molecule has 0 unspecified atom stereocenters. The number of likely N-dealkylation sites (N-methyl/N-ethyl adjacent to an activating group) is 1. The maximum Gasteiger partial charge on any atom is 0.236 e. The predicted molar refractivity (Wildman–Crippen MR) is 66.6 cm³/mol. The molecule has 0 aromatic heterocycles. The fourth-order valence-corrected chi connectivity index (χ4v) is 3.01. The van der Waals surface area contributed by atoms with Crippen LogP contribution in [-0.4, -0.2) is 30.4 Å². The highest BCUT2D eigenvalue weighted by Crippen LogP contribution is 2.45. The first-order chi connectivity index (χ1) is 8.17. The molecule has 2 heterocycles. The highest BCUT2D eigenvalue weighted by atomic mass is 16.2. The molecule has 1 amide bonds. The van der Waals surface area contributed by atoms with E-state index in [9.17, 15) is 4.79 Å². The number of anilines is 1. The zero-order valence-corrected chi connectivity index (χ0v) is 9.73. The van der Waals surface area contributed by atoms with E-state index >= 15 is 0 Å². The van der Waals surface area contributed by atoms with Gasteiger partial charge in [-0.25, -0.2) is 0 Å². The molecule has 2 aliphatic rings. The van der Waals surface area contributed by atoms with Crippen LogP contribution in [0.25, 0.3) is 0 Å². The van der Waals surface area contributed by atoms with Gasteiger partial charge in [-0.05, 0) is 25.1 Å². The Labute approximate surface area is 101 Å². The summed E-state index contributed by atoms with van der Waals surface area (Å²) in [7, 11) is 1.98. The summed E-state index contributed by atoms with van der Waals surface area (Å²) >= 11 is 0. The first kappa shape index (κ1) is 10.4. The molecule has 3 rings (SSSR count). The second-order valence-corrected chi connectivity index (χ2v) is 4.88. The van der Waals surface area contributed by atoms with E-state index in [2.05, 4.69) is 16.1 Å². The van der Waals surface area contributed by atoms with Crippen LogP contribution in [0.1, 0.15) is 12.0 Å². The maximum absolute atomic E-state index is 12.3. The first-order valence-corrected chi connectivity index (χ1v) is 5.75. The smallest absolute Gasteiger partial charge is 0.236 e. The van der Waals surface area contributed by atoms with Crippen LogP contribution in [0.3, 0.4) is 0 Å². The third kappa shape index (κ3) is 1.25. The number of fused-ring (bicyclic) bond motifs is 2. The molecule has 3 heteroatoms. The van der Waals surface area contributed by atoms with Crippen molar-refractivity contribution in [2.45, 2.75) is 17.9 Å². The van der Waals surface area contributed by atoms with Crippen LogP contribution in [0, 0.1) is 12.3 Å². The summed E-state index contributed by atoms with van der Waals surface area (Å²) in [5.41, 5.74) is 1.58. The number of hydrogen-bond acceptors (Lipinski definition) is 2. The maximum atomic E-state index is 12.3. The van der Waals surface area contributed by atoms with Gasteiger partial charge < -0.3 is 5.32 Å². The molecule has 0 bridgehead atoms. The highest BCUT2D eigenvalue weighted by molar-refractivity contribution is 6.06. The van der Waals surface area contributed by atoms with Crippen LogP contribution in [0.4, 0.5) is 5.69 Å². The van der Waals surface area contributed by atoms with Crippen LogP contribution >= 0.6 is 0 Å². The van der Waals surface area contributed by atoms with Crippen molar-refractivity contribution in [2.24, 2.45) is 0 Å². The zero-order valence-electron chi connectivity index (χ0n) is 9.73. The number of hydrogen-bond donors (Lipinski definition) is 1. The standard InChI is InChI=1S/C14H14N2O/c1-3-10-8-14(9-16(10)2)11-6-4-5-7-12(11)15-13(14)17/h1,4-7,10H,8-9H2,2H3,(H,15,17)/t10-,14+/m1/s1. The Bertz CT molecular complexity index is 531. The topological polar surface area (TPSA) is 32.3 Å². The summed E-state index contributed by atoms with van der Waals surface area (Å²) < 4.78 is 0. The number of carbonyl (C=O) groups is 1. The molecule has 0 radical (unpaired) electrons. The van der Waals surface area contributed by atoms with Gasteiger partial charge in [0, 0.05) is 12.2 Å². The van der Waals surface area contributed by atoms with Gasteiger partial charge in [-0.3, -0.25) is 9.69 Å². The first-order valence-electron chi connectivity index (χ1n) is 5.75. The Morgan fingerprint density at radius 2 is 2.29 bits per heavy atom. The van der Waals surface area contributed by atoms with Crippen molar-refractivity contribution in [2.75, 3.05) is 18.9 Å². The number of amides is 1. The molecule has 1 N–H and O–H groups in total. The lowest BCUT2D eigenvalue weighted by atomic mass is 9.80. The van der Waals surface area contributed by atoms with Gasteiger partial charge in [-0.2, -0.15) is 0 Å². The van der Waals surface area contributed by atoms with E-state index < -0.39 is 5.41 Å². The molecular weight excluding hydrogens is 212 g/mol. The van der Waals surface area contributed by atoms with Crippen LogP contribution < -0.4 is 5.32 Å². The Hall–Kier alpha value is -1.79. The Morgan fingerprint density at radius 1 is 1.53 bits per heavy atom. The van der Waals surface area contributed by atoms with Gasteiger partial charge in [0.25, 0.3) is 0 Å². The van der Waals surface area contributed by atoms with Gasteiger partial charge in [-0.15, -0.1) is 6.42 Å². The average molecular weight is 226 g/mol. The number of terminal acetylenes is 1. The SMILES string of the molecule is C#C[C@@H]1C[C@@]2(CN1C)C(=O)Nc1ccccc12. The second kappa shape index (κ2) is 3.35. The molecule has 3 nitrogen and oxygen atoms in total. The summed E-state index contributed by atoms with van der Waals surface area (Å²) in [4.78, 5) is 14.3. The predicted octanol–water partition coefficient (Wildman–Crippen LogP) is 1.21. The summed E-state index contributed by atoms with van der Waals surface area (Å²) in [6.07, 6.45) is 6.23. The second-order valence-electron chi connectivity index (χ2n) is 4.88. The number of carbonyl (C=O) groups excluding carboxylic acids is 1. The van der Waals surface area contributed by atoms with E-state index in [1.165, 1.54) is 0 Å². The largest absolute Gasteiger partial charge is 0.325 e. The average Bonchev–Trinajstić information content (AvgIpc) is 2.80. The Kier molecular flexibility index (Phi) is 2.04. The number of nitrogens with zero attached hydrogens (tertiary/aromatic N) is 1. The molecule has 0 saturated carbocycles. The lowest BCUT2D eigenvalue weighted by Gasteiger charge is -2.20. The van der Waals surface area contributed by atoms with Crippen molar-refractivity contribution >= 4 is 11.6 Å². The van der Waals surface area contributed by atoms with Crippen LogP contribution in [0.5, 0.6) is 0 Å². The van der Waals surface area contributed by atoms with E-state index in [1.807, 2.05) is 31.3 Å². The zero-order chi connectivity index (χ0) is 12.0. The third-order valence-corrected chi connectivity index (χ3v) is 3.91. The third-order valence-electron chi connectivity index (χ3n) is 3.91. The summed E-state index contributed by atoms with van der Waals surface area (Å²) in [6, 6.07) is 7.94. The molecule has 17 heavy (non-hydrogen) atoms. The van der Waals surface area contributed by atoms with E-state index in [-0.39, 0.29) is 11.9 Å². The summed E-state index contributed by atoms with van der Waals surface area (Å²) in [5.74, 6) is 2.85. The van der Waals surface area contributed by atoms with E-state index in [0.717, 1.165) is 11.3 Å². The highest BCUT2D eigenvalue weighted by Gasteiger charge is 2.53. The van der Waals surface area contributed by atoms with Gasteiger partial charge >= 0.3 is 0 Å². The number of nitrogens with one attached hydrogen (secondary N) is 1. The lowest BCUT2D eigenvalue weighted by Crippen LogP contribution is -2.36. The van der Waals surface area contributed by atoms with Gasteiger partial charge in [-0.1, -0.05) is 24.1 Å². The van der Waals surface area contributed by atoms with E-state index in [0.29, 0.717) is 13.0 Å². The summed E-state index contributed by atoms with van der Waals surface area (Å²) in [5, 5.41) is 2.96. The van der Waals surface area contributed by atoms with Crippen molar-refractivity contribution in [1.82, 2.24) is 4.90 Å². The number of benzene rings is 1. The molecular formula is C14H14N2O. The van der Waals surface area contributed by atoms with Crippen LogP contribution in [0.2, 0.25) is 0 Å². The van der Waals surface area contributed by atoms with Crippen molar-refractivity contribution < 1.29 is 4.79 Å². The fraction of sp³-hybridized carbons (Fsp3) is 0.357. The molecule has 86 valence electrons. The summed E-state index contributed by atoms with van der Waals surface area (Å²) in [6.45, 7) is 0.699. The molecule has 2 aliphatic heterocycles. The normalized spacial score (nSPS) is 31.3. The fourth-order valence-electron chi connectivity index (χ4n) is 3.01. The van der Waals surface area contributed by atoms with Crippen LogP contribution in [-0.2, 0) is 10.2 Å². The minimum Gasteiger partial charge on any atom is -0.325 e. The molecule has 1 saturated heterocycles.